The molecule has 0 bridgehead atoms. The Hall–Kier alpha value is -0.790. The van der Waals surface area contributed by atoms with Crippen LogP contribution in [0.2, 0.25) is 0 Å². The molecule has 3 fully saturated rings. The Kier molecular flexibility index (Phi) is 3.66. The van der Waals surface area contributed by atoms with Gasteiger partial charge in [-0.1, -0.05) is 31.9 Å². The zero-order valence-electron chi connectivity index (χ0n) is 15.1. The van der Waals surface area contributed by atoms with E-state index in [0.29, 0.717) is 16.7 Å². The average Bonchev–Trinajstić information content (AvgIpc) is 2.89. The molecule has 4 aliphatic rings. The van der Waals surface area contributed by atoms with Gasteiger partial charge in [0, 0.05) is 6.92 Å². The number of hydrogen-bond donors (Lipinski definition) is 0. The minimum absolute atomic E-state index is 0.106. The van der Waals surface area contributed by atoms with Crippen molar-refractivity contribution < 1.29 is 9.53 Å². The molecule has 0 heterocycles. The molecule has 6 atom stereocenters. The first-order valence-electron chi connectivity index (χ1n) is 9.80. The third-order valence-electron chi connectivity index (χ3n) is 8.08. The fraction of sp³-hybridized carbons (Fsp3) is 0.857. The zero-order chi connectivity index (χ0) is 16.2. The van der Waals surface area contributed by atoms with Crippen molar-refractivity contribution in [3.05, 3.63) is 11.6 Å². The van der Waals surface area contributed by atoms with Gasteiger partial charge in [0.15, 0.2) is 0 Å². The van der Waals surface area contributed by atoms with Gasteiger partial charge in [-0.05, 0) is 80.0 Å². The number of rotatable bonds is 1. The average molecular weight is 316 g/mol. The van der Waals surface area contributed by atoms with Gasteiger partial charge in [-0.15, -0.1) is 0 Å². The van der Waals surface area contributed by atoms with Gasteiger partial charge in [0.25, 0.3) is 0 Å². The minimum Gasteiger partial charge on any atom is -0.463 e. The lowest BCUT2D eigenvalue weighted by molar-refractivity contribution is -0.151. The molecule has 0 aliphatic heterocycles. The fourth-order valence-corrected chi connectivity index (χ4v) is 6.82. The van der Waals surface area contributed by atoms with Gasteiger partial charge in [0.05, 0.1) is 0 Å². The summed E-state index contributed by atoms with van der Waals surface area (Å²) in [5.74, 6) is 2.40. The first-order chi connectivity index (χ1) is 10.9. The molecule has 4 aliphatic carbocycles. The van der Waals surface area contributed by atoms with E-state index < -0.39 is 0 Å². The molecule has 2 heteroatoms. The molecule has 0 N–H and O–H groups in total. The highest BCUT2D eigenvalue weighted by Gasteiger charge is 2.54. The van der Waals surface area contributed by atoms with Crippen LogP contribution < -0.4 is 0 Å². The molecule has 4 rings (SSSR count). The quantitative estimate of drug-likeness (QED) is 0.486. The molecule has 0 amide bonds. The summed E-state index contributed by atoms with van der Waals surface area (Å²) in [6.07, 6.45) is 14.5. The van der Waals surface area contributed by atoms with E-state index in [-0.39, 0.29) is 12.1 Å². The molecule has 23 heavy (non-hydrogen) atoms. The molecule has 0 saturated heterocycles. The number of allylic oxidation sites excluding steroid dienone is 2. The maximum atomic E-state index is 11.3. The molecule has 3 saturated carbocycles. The van der Waals surface area contributed by atoms with E-state index in [1.165, 1.54) is 44.9 Å². The molecule has 0 spiro atoms. The molecular weight excluding hydrogens is 284 g/mol. The Morgan fingerprint density at radius 3 is 2.78 bits per heavy atom. The fourth-order valence-electron chi connectivity index (χ4n) is 6.82. The van der Waals surface area contributed by atoms with Gasteiger partial charge in [-0.25, -0.2) is 0 Å². The van der Waals surface area contributed by atoms with Crippen LogP contribution in [0.3, 0.4) is 0 Å². The second kappa shape index (κ2) is 5.36. The summed E-state index contributed by atoms with van der Waals surface area (Å²) < 4.78 is 5.55. The van der Waals surface area contributed by atoms with Crippen molar-refractivity contribution in [2.45, 2.75) is 84.7 Å². The Bertz CT molecular complexity index is 536. The van der Waals surface area contributed by atoms with Crippen LogP contribution in [0.4, 0.5) is 0 Å². The van der Waals surface area contributed by atoms with Crippen LogP contribution in [0.1, 0.15) is 78.6 Å². The van der Waals surface area contributed by atoms with Crippen LogP contribution in [0, 0.1) is 28.6 Å². The van der Waals surface area contributed by atoms with Gasteiger partial charge in [-0.2, -0.15) is 0 Å². The SMILES string of the molecule is CC(=O)O[C@@H]1CC[C@]2(C)C3=CC[C@]4(C)CCC[C@@H]4[C@@H]3CC[C@H]2C1. The van der Waals surface area contributed by atoms with E-state index in [1.54, 1.807) is 12.5 Å². The molecule has 128 valence electrons. The van der Waals surface area contributed by atoms with Crippen LogP contribution in [0.15, 0.2) is 11.6 Å². The maximum Gasteiger partial charge on any atom is 0.302 e. The monoisotopic (exact) mass is 316 g/mol. The highest BCUT2D eigenvalue weighted by Crippen LogP contribution is 2.64. The van der Waals surface area contributed by atoms with Crippen LogP contribution in [0.5, 0.6) is 0 Å². The van der Waals surface area contributed by atoms with Crippen molar-refractivity contribution in [1.82, 2.24) is 0 Å². The number of esters is 1. The molecule has 2 nitrogen and oxygen atoms in total. The Morgan fingerprint density at radius 1 is 1.17 bits per heavy atom. The predicted octanol–water partition coefficient (Wildman–Crippen LogP) is 5.27. The predicted molar refractivity (Wildman–Crippen MR) is 91.9 cm³/mol. The Morgan fingerprint density at radius 2 is 2.00 bits per heavy atom. The lowest BCUT2D eigenvalue weighted by atomic mass is 9.49. The Labute approximate surface area is 141 Å². The number of fused-ring (bicyclic) bond motifs is 5. The van der Waals surface area contributed by atoms with Crippen LogP contribution in [-0.2, 0) is 9.53 Å². The summed E-state index contributed by atoms with van der Waals surface area (Å²) in [6, 6.07) is 0. The molecular formula is C21H32O2. The van der Waals surface area contributed by atoms with E-state index in [1.807, 2.05) is 0 Å². The second-order valence-electron chi connectivity index (χ2n) is 9.32. The van der Waals surface area contributed by atoms with Crippen LogP contribution in [0.25, 0.3) is 0 Å². The summed E-state index contributed by atoms with van der Waals surface area (Å²) in [5.41, 5.74) is 2.77. The lowest BCUT2D eigenvalue weighted by Crippen LogP contribution is -2.48. The van der Waals surface area contributed by atoms with Crippen molar-refractivity contribution >= 4 is 5.97 Å². The van der Waals surface area contributed by atoms with Crippen molar-refractivity contribution in [3.8, 4) is 0 Å². The van der Waals surface area contributed by atoms with Crippen molar-refractivity contribution in [1.29, 1.82) is 0 Å². The first-order valence-corrected chi connectivity index (χ1v) is 9.80. The van der Waals surface area contributed by atoms with E-state index in [2.05, 4.69) is 19.9 Å². The number of hydrogen-bond acceptors (Lipinski definition) is 2. The van der Waals surface area contributed by atoms with Crippen molar-refractivity contribution in [2.75, 3.05) is 0 Å². The summed E-state index contributed by atoms with van der Waals surface area (Å²) in [4.78, 5) is 11.3. The van der Waals surface area contributed by atoms with Crippen molar-refractivity contribution in [3.63, 3.8) is 0 Å². The number of ether oxygens (including phenoxy) is 1. The largest absolute Gasteiger partial charge is 0.463 e. The molecule has 0 aromatic rings. The molecule has 0 unspecified atom stereocenters. The van der Waals surface area contributed by atoms with E-state index in [0.717, 1.165) is 24.7 Å². The van der Waals surface area contributed by atoms with E-state index in [4.69, 9.17) is 4.74 Å². The molecule has 0 aromatic heterocycles. The normalized spacial score (nSPS) is 48.7. The first kappa shape index (κ1) is 15.7. The van der Waals surface area contributed by atoms with Crippen molar-refractivity contribution in [2.24, 2.45) is 28.6 Å². The second-order valence-corrected chi connectivity index (χ2v) is 9.32. The standard InChI is InChI=1S/C21H32O2/c1-14(22)23-16-8-12-21(3)15(13-16)6-7-17-18-5-4-10-20(18,2)11-9-19(17)21/h9,15-18H,4-8,10-13H2,1-3H3/t15-,16+,17-,18+,20-,21-/m0/s1. The number of carbonyl (C=O) groups is 1. The van der Waals surface area contributed by atoms with Crippen LogP contribution >= 0.6 is 0 Å². The van der Waals surface area contributed by atoms with E-state index in [9.17, 15) is 4.79 Å². The van der Waals surface area contributed by atoms with Gasteiger partial charge in [0.1, 0.15) is 6.10 Å². The zero-order valence-corrected chi connectivity index (χ0v) is 15.1. The maximum absolute atomic E-state index is 11.3. The van der Waals surface area contributed by atoms with Gasteiger partial charge in [0.2, 0.25) is 0 Å². The van der Waals surface area contributed by atoms with Gasteiger partial charge >= 0.3 is 5.97 Å². The van der Waals surface area contributed by atoms with Gasteiger partial charge in [-0.3, -0.25) is 4.79 Å². The summed E-state index contributed by atoms with van der Waals surface area (Å²) in [7, 11) is 0. The summed E-state index contributed by atoms with van der Waals surface area (Å²) >= 11 is 0. The number of carbonyl (C=O) groups excluding carboxylic acids is 1. The lowest BCUT2D eigenvalue weighted by Gasteiger charge is -2.56. The highest BCUT2D eigenvalue weighted by atomic mass is 16.5. The third kappa shape index (κ3) is 2.39. The van der Waals surface area contributed by atoms with Crippen LogP contribution in [-0.4, -0.2) is 12.1 Å². The summed E-state index contributed by atoms with van der Waals surface area (Å²) in [5, 5.41) is 0. The molecule has 0 aromatic carbocycles. The smallest absolute Gasteiger partial charge is 0.302 e. The van der Waals surface area contributed by atoms with Gasteiger partial charge < -0.3 is 4.74 Å². The van der Waals surface area contributed by atoms with E-state index >= 15 is 0 Å². The third-order valence-corrected chi connectivity index (χ3v) is 8.08. The highest BCUT2D eigenvalue weighted by molar-refractivity contribution is 5.66. The minimum atomic E-state index is -0.106. The topological polar surface area (TPSA) is 26.3 Å². The Balaban J connectivity index is 1.58. The molecule has 0 radical (unpaired) electrons. The summed E-state index contributed by atoms with van der Waals surface area (Å²) in [6.45, 7) is 6.62.